The molecular formula is C12H18N2O. The zero-order chi connectivity index (χ0) is 10.7. The Morgan fingerprint density at radius 1 is 1.33 bits per heavy atom. The third kappa shape index (κ3) is 1.98. The maximum absolute atomic E-state index is 9.27. The Balaban J connectivity index is 2.28. The predicted molar refractivity (Wildman–Crippen MR) is 60.7 cm³/mol. The Hall–Kier alpha value is -1.06. The lowest BCUT2D eigenvalue weighted by Gasteiger charge is -2.29. The Labute approximate surface area is 90.3 Å². The molecule has 3 nitrogen and oxygen atoms in total. The van der Waals surface area contributed by atoms with Crippen molar-refractivity contribution in [2.45, 2.75) is 24.8 Å². The summed E-state index contributed by atoms with van der Waals surface area (Å²) in [5.74, 6) is 0.319. The second-order valence-electron chi connectivity index (χ2n) is 4.20. The molecule has 82 valence electrons. The van der Waals surface area contributed by atoms with Crippen molar-refractivity contribution in [2.24, 2.45) is 5.73 Å². The molecule has 1 aliphatic rings. The molecule has 0 aromatic heterocycles. The minimum atomic E-state index is 0.0441. The smallest absolute Gasteiger partial charge is 0.115 e. The van der Waals surface area contributed by atoms with Crippen LogP contribution >= 0.6 is 0 Å². The van der Waals surface area contributed by atoms with Crippen LogP contribution in [0.1, 0.15) is 24.8 Å². The molecule has 0 amide bonds. The van der Waals surface area contributed by atoms with Gasteiger partial charge in [-0.3, -0.25) is 0 Å². The molecule has 1 aromatic rings. The van der Waals surface area contributed by atoms with Crippen LogP contribution in [0.3, 0.4) is 0 Å². The highest BCUT2D eigenvalue weighted by atomic mass is 16.3. The van der Waals surface area contributed by atoms with Crippen molar-refractivity contribution >= 4 is 0 Å². The number of phenolic OH excluding ortho intramolecular Hbond substituents is 1. The fraction of sp³-hybridized carbons (Fsp3) is 0.500. The van der Waals surface area contributed by atoms with Crippen molar-refractivity contribution in [3.63, 3.8) is 0 Å². The van der Waals surface area contributed by atoms with Crippen LogP contribution in [0.5, 0.6) is 5.75 Å². The minimum absolute atomic E-state index is 0.0441. The molecule has 2 rings (SSSR count). The van der Waals surface area contributed by atoms with Crippen molar-refractivity contribution in [1.82, 2.24) is 5.32 Å². The maximum atomic E-state index is 9.27. The van der Waals surface area contributed by atoms with Crippen molar-refractivity contribution in [3.05, 3.63) is 29.8 Å². The molecule has 1 atom stereocenters. The van der Waals surface area contributed by atoms with Crippen LogP contribution in [0.25, 0.3) is 0 Å². The molecule has 1 unspecified atom stereocenters. The van der Waals surface area contributed by atoms with Gasteiger partial charge in [-0.2, -0.15) is 0 Å². The van der Waals surface area contributed by atoms with Crippen molar-refractivity contribution in [2.75, 3.05) is 13.1 Å². The molecule has 0 saturated carbocycles. The SMILES string of the molecule is NCCC1(c2ccc(O)cc2)CCCN1. The predicted octanol–water partition coefficient (Wildman–Crippen LogP) is 1.32. The summed E-state index contributed by atoms with van der Waals surface area (Å²) in [6.45, 7) is 1.74. The molecule has 1 aromatic carbocycles. The molecule has 3 heteroatoms. The van der Waals surface area contributed by atoms with E-state index >= 15 is 0 Å². The zero-order valence-corrected chi connectivity index (χ0v) is 8.87. The normalized spacial score (nSPS) is 25.7. The van der Waals surface area contributed by atoms with Crippen LogP contribution in [0, 0.1) is 0 Å². The van der Waals surface area contributed by atoms with Gasteiger partial charge < -0.3 is 16.2 Å². The number of phenols is 1. The van der Waals surface area contributed by atoms with Crippen LogP contribution in [0.15, 0.2) is 24.3 Å². The highest BCUT2D eigenvalue weighted by molar-refractivity contribution is 5.32. The van der Waals surface area contributed by atoms with Crippen molar-refractivity contribution in [1.29, 1.82) is 0 Å². The first kappa shape index (κ1) is 10.5. The lowest BCUT2D eigenvalue weighted by atomic mass is 9.85. The van der Waals surface area contributed by atoms with E-state index in [1.54, 1.807) is 12.1 Å². The number of rotatable bonds is 3. The number of nitrogens with two attached hydrogens (primary N) is 1. The molecular weight excluding hydrogens is 188 g/mol. The second kappa shape index (κ2) is 4.21. The topological polar surface area (TPSA) is 58.3 Å². The first-order chi connectivity index (χ1) is 7.27. The van der Waals surface area contributed by atoms with Gasteiger partial charge in [0.1, 0.15) is 5.75 Å². The molecule has 4 N–H and O–H groups in total. The van der Waals surface area contributed by atoms with Gasteiger partial charge in [0.15, 0.2) is 0 Å². The third-order valence-corrected chi connectivity index (χ3v) is 3.23. The quantitative estimate of drug-likeness (QED) is 0.699. The largest absolute Gasteiger partial charge is 0.508 e. The van der Waals surface area contributed by atoms with E-state index in [1.807, 2.05) is 12.1 Å². The van der Waals surface area contributed by atoms with E-state index in [0.717, 1.165) is 19.4 Å². The summed E-state index contributed by atoms with van der Waals surface area (Å²) in [6.07, 6.45) is 3.29. The molecule has 15 heavy (non-hydrogen) atoms. The Morgan fingerprint density at radius 2 is 2.07 bits per heavy atom. The summed E-state index contributed by atoms with van der Waals surface area (Å²) < 4.78 is 0. The van der Waals surface area contributed by atoms with Crippen molar-refractivity contribution in [3.8, 4) is 5.75 Å². The first-order valence-electron chi connectivity index (χ1n) is 5.51. The van der Waals surface area contributed by atoms with Gasteiger partial charge in [0.25, 0.3) is 0 Å². The standard InChI is InChI=1S/C12H18N2O/c13-8-7-12(6-1-9-14-12)10-2-4-11(15)5-3-10/h2-5,14-15H,1,6-9,13H2. The average molecular weight is 206 g/mol. The van der Waals surface area contributed by atoms with Crippen LogP contribution < -0.4 is 11.1 Å². The zero-order valence-electron chi connectivity index (χ0n) is 8.87. The molecule has 1 fully saturated rings. The first-order valence-corrected chi connectivity index (χ1v) is 5.51. The summed E-state index contributed by atoms with van der Waals surface area (Å²) in [5, 5.41) is 12.8. The van der Waals surface area contributed by atoms with Gasteiger partial charge in [-0.1, -0.05) is 12.1 Å². The van der Waals surface area contributed by atoms with E-state index in [9.17, 15) is 5.11 Å². The summed E-state index contributed by atoms with van der Waals surface area (Å²) in [6, 6.07) is 7.47. The number of aromatic hydroxyl groups is 1. The Bertz CT molecular complexity index is 315. The lowest BCUT2D eigenvalue weighted by Crippen LogP contribution is -2.38. The van der Waals surface area contributed by atoms with Crippen molar-refractivity contribution < 1.29 is 5.11 Å². The Kier molecular flexibility index (Phi) is 2.93. The molecule has 0 spiro atoms. The minimum Gasteiger partial charge on any atom is -0.508 e. The van der Waals surface area contributed by atoms with E-state index in [0.29, 0.717) is 12.3 Å². The highest BCUT2D eigenvalue weighted by Gasteiger charge is 2.34. The molecule has 1 saturated heterocycles. The van der Waals surface area contributed by atoms with Crippen LogP contribution in [0.4, 0.5) is 0 Å². The number of hydrogen-bond acceptors (Lipinski definition) is 3. The second-order valence-corrected chi connectivity index (χ2v) is 4.20. The molecule has 1 aliphatic heterocycles. The summed E-state index contributed by atoms with van der Waals surface area (Å²) >= 11 is 0. The average Bonchev–Trinajstić information content (AvgIpc) is 2.69. The Morgan fingerprint density at radius 3 is 2.60 bits per heavy atom. The van der Waals surface area contributed by atoms with Gasteiger partial charge in [0.05, 0.1) is 0 Å². The van der Waals surface area contributed by atoms with E-state index < -0.39 is 0 Å². The summed E-state index contributed by atoms with van der Waals surface area (Å²) in [5.41, 5.74) is 6.95. The number of nitrogens with one attached hydrogen (secondary N) is 1. The van der Waals surface area contributed by atoms with Crippen LogP contribution in [-0.2, 0) is 5.54 Å². The summed E-state index contributed by atoms with van der Waals surface area (Å²) in [7, 11) is 0. The van der Waals surface area contributed by atoms with Gasteiger partial charge in [-0.25, -0.2) is 0 Å². The molecule has 0 aliphatic carbocycles. The van der Waals surface area contributed by atoms with E-state index in [4.69, 9.17) is 5.73 Å². The van der Waals surface area contributed by atoms with Crippen LogP contribution in [0.2, 0.25) is 0 Å². The number of hydrogen-bond donors (Lipinski definition) is 3. The van der Waals surface area contributed by atoms with E-state index in [-0.39, 0.29) is 5.54 Å². The maximum Gasteiger partial charge on any atom is 0.115 e. The van der Waals surface area contributed by atoms with Gasteiger partial charge in [-0.05, 0) is 50.0 Å². The molecule has 1 heterocycles. The van der Waals surface area contributed by atoms with Gasteiger partial charge >= 0.3 is 0 Å². The van der Waals surface area contributed by atoms with Gasteiger partial charge in [-0.15, -0.1) is 0 Å². The monoisotopic (exact) mass is 206 g/mol. The van der Waals surface area contributed by atoms with Gasteiger partial charge in [0.2, 0.25) is 0 Å². The van der Waals surface area contributed by atoms with Crippen LogP contribution in [-0.4, -0.2) is 18.2 Å². The van der Waals surface area contributed by atoms with E-state index in [1.165, 1.54) is 12.0 Å². The van der Waals surface area contributed by atoms with E-state index in [2.05, 4.69) is 5.32 Å². The molecule has 0 radical (unpaired) electrons. The summed E-state index contributed by atoms with van der Waals surface area (Å²) in [4.78, 5) is 0. The molecule has 0 bridgehead atoms. The fourth-order valence-corrected chi connectivity index (χ4v) is 2.44. The highest BCUT2D eigenvalue weighted by Crippen LogP contribution is 2.34. The fourth-order valence-electron chi connectivity index (χ4n) is 2.44. The third-order valence-electron chi connectivity index (χ3n) is 3.23. The lowest BCUT2D eigenvalue weighted by molar-refractivity contribution is 0.365. The van der Waals surface area contributed by atoms with Gasteiger partial charge in [0, 0.05) is 5.54 Å². The number of benzene rings is 1.